The molecule has 0 radical (unpaired) electrons. The van der Waals surface area contributed by atoms with E-state index in [1.807, 2.05) is 0 Å². The molecule has 0 spiro atoms. The van der Waals surface area contributed by atoms with E-state index >= 15 is 0 Å². The lowest BCUT2D eigenvalue weighted by Crippen LogP contribution is -2.48. The summed E-state index contributed by atoms with van der Waals surface area (Å²) in [5, 5.41) is 0.128. The molecule has 1 amide bonds. The number of H-pyrrole nitrogens is 1. The molecule has 198 valence electrons. The molecule has 3 aromatic rings. The van der Waals surface area contributed by atoms with Crippen molar-refractivity contribution in [2.75, 3.05) is 24.9 Å². The largest absolute Gasteiger partial charge is 0.389 e. The molecule has 0 atom stereocenters. The van der Waals surface area contributed by atoms with Crippen LogP contribution in [0, 0.1) is 0 Å². The maximum Gasteiger partial charge on any atom is 0.389 e. The number of alkyl halides is 3. The summed E-state index contributed by atoms with van der Waals surface area (Å²) in [5.74, 6) is -0.313. The van der Waals surface area contributed by atoms with Crippen LogP contribution >= 0.6 is 0 Å². The molecule has 2 heterocycles. The van der Waals surface area contributed by atoms with Crippen molar-refractivity contribution in [2.24, 2.45) is 0 Å². The second kappa shape index (κ2) is 10.1. The molecule has 13 heteroatoms. The van der Waals surface area contributed by atoms with Gasteiger partial charge < -0.3 is 14.6 Å². The normalized spacial score (nSPS) is 16.1. The van der Waals surface area contributed by atoms with Gasteiger partial charge in [0, 0.05) is 37.9 Å². The molecule has 0 saturated carbocycles. The topological polar surface area (TPSA) is 121 Å². The van der Waals surface area contributed by atoms with E-state index in [4.69, 9.17) is 4.74 Å². The second-order valence-corrected chi connectivity index (χ2v) is 10.5. The summed E-state index contributed by atoms with van der Waals surface area (Å²) >= 11 is 0. The van der Waals surface area contributed by atoms with Gasteiger partial charge in [0.25, 0.3) is 21.5 Å². The second-order valence-electron chi connectivity index (χ2n) is 8.86. The van der Waals surface area contributed by atoms with Crippen LogP contribution in [0.3, 0.4) is 0 Å². The molecule has 1 aromatic heterocycles. The number of methoxy groups -OCH3 is 1. The van der Waals surface area contributed by atoms with Gasteiger partial charge in [-0.1, -0.05) is 6.07 Å². The van der Waals surface area contributed by atoms with Gasteiger partial charge in [0.1, 0.15) is 4.90 Å². The Morgan fingerprint density at radius 3 is 2.46 bits per heavy atom. The van der Waals surface area contributed by atoms with Crippen LogP contribution in [-0.2, 0) is 14.8 Å². The smallest absolute Gasteiger partial charge is 0.378 e. The van der Waals surface area contributed by atoms with Gasteiger partial charge in [-0.15, -0.1) is 0 Å². The average molecular weight is 539 g/mol. The number of carbonyl (C=O) groups excluding carboxylic acids is 1. The average Bonchev–Trinajstić information content (AvgIpc) is 2.87. The summed E-state index contributed by atoms with van der Waals surface area (Å²) in [6.45, 7) is 0.484. The zero-order chi connectivity index (χ0) is 26.8. The number of nitrogens with zero attached hydrogens (tertiary/aromatic N) is 2. The van der Waals surface area contributed by atoms with Crippen LogP contribution in [-0.4, -0.2) is 61.2 Å². The van der Waals surface area contributed by atoms with E-state index < -0.39 is 33.8 Å². The quantitative estimate of drug-likeness (QED) is 0.473. The van der Waals surface area contributed by atoms with Crippen molar-refractivity contribution >= 4 is 32.5 Å². The maximum atomic E-state index is 13.0. The van der Waals surface area contributed by atoms with E-state index in [1.165, 1.54) is 49.6 Å². The number of ether oxygens (including phenoxy) is 1. The van der Waals surface area contributed by atoms with Crippen LogP contribution in [0.15, 0.2) is 58.5 Å². The number of anilines is 1. The number of para-hydroxylation sites is 1. The van der Waals surface area contributed by atoms with Crippen molar-refractivity contribution in [3.05, 3.63) is 64.7 Å². The third kappa shape index (κ3) is 5.93. The Kier molecular flexibility index (Phi) is 7.29. The van der Waals surface area contributed by atoms with Gasteiger partial charge in [-0.25, -0.2) is 13.4 Å². The maximum absolute atomic E-state index is 13.0. The van der Waals surface area contributed by atoms with Gasteiger partial charge in [-0.05, 0) is 55.7 Å². The van der Waals surface area contributed by atoms with Crippen LogP contribution < -0.4 is 10.3 Å². The van der Waals surface area contributed by atoms with Crippen LogP contribution in [0.1, 0.15) is 36.0 Å². The van der Waals surface area contributed by atoms with Crippen molar-refractivity contribution in [2.45, 2.75) is 42.4 Å². The fourth-order valence-corrected chi connectivity index (χ4v) is 5.64. The molecule has 9 nitrogen and oxygen atoms in total. The first-order valence-electron chi connectivity index (χ1n) is 11.4. The summed E-state index contributed by atoms with van der Waals surface area (Å²) in [6.07, 6.45) is -3.70. The number of nitrogens with one attached hydrogen (secondary N) is 2. The Morgan fingerprint density at radius 1 is 1.16 bits per heavy atom. The molecule has 2 aromatic carbocycles. The highest BCUT2D eigenvalue weighted by atomic mass is 32.2. The molecule has 1 saturated heterocycles. The first kappa shape index (κ1) is 26.6. The van der Waals surface area contributed by atoms with Crippen molar-refractivity contribution in [3.8, 4) is 0 Å². The lowest BCUT2D eigenvalue weighted by atomic mass is 9.86. The first-order valence-corrected chi connectivity index (χ1v) is 12.9. The molecule has 0 bridgehead atoms. The van der Waals surface area contributed by atoms with Gasteiger partial charge in [-0.3, -0.25) is 14.3 Å². The SMILES string of the molecule is COC1(CCC(F)(F)F)CCN(C(=O)c2ccc(NS(=O)(=O)c3cccc4c(=O)[nH]cnc34)cc2)CC1. The Balaban J connectivity index is 1.43. The number of piperidine rings is 1. The lowest BCUT2D eigenvalue weighted by molar-refractivity contribution is -0.154. The highest BCUT2D eigenvalue weighted by Crippen LogP contribution is 2.35. The summed E-state index contributed by atoms with van der Waals surface area (Å²) in [6, 6.07) is 10.0. The Labute approximate surface area is 210 Å². The Bertz CT molecular complexity index is 1450. The number of likely N-dealkylation sites (tertiary alicyclic amines) is 1. The molecule has 0 aliphatic carbocycles. The third-order valence-electron chi connectivity index (χ3n) is 6.57. The van der Waals surface area contributed by atoms with Gasteiger partial charge in [0.2, 0.25) is 0 Å². The number of sulfonamides is 1. The van der Waals surface area contributed by atoms with Gasteiger partial charge >= 0.3 is 6.18 Å². The minimum atomic E-state index is -4.27. The molecule has 4 rings (SSSR count). The number of carbonyl (C=O) groups is 1. The van der Waals surface area contributed by atoms with Crippen molar-refractivity contribution in [1.29, 1.82) is 0 Å². The highest BCUT2D eigenvalue weighted by molar-refractivity contribution is 7.93. The molecule has 37 heavy (non-hydrogen) atoms. The Morgan fingerprint density at radius 2 is 1.84 bits per heavy atom. The number of rotatable bonds is 7. The predicted molar refractivity (Wildman–Crippen MR) is 130 cm³/mol. The van der Waals surface area contributed by atoms with E-state index in [1.54, 1.807) is 4.90 Å². The van der Waals surface area contributed by atoms with Crippen LogP contribution in [0.4, 0.5) is 18.9 Å². The summed E-state index contributed by atoms with van der Waals surface area (Å²) in [7, 11) is -2.71. The number of benzene rings is 2. The van der Waals surface area contributed by atoms with E-state index in [-0.39, 0.29) is 59.7 Å². The number of amides is 1. The lowest BCUT2D eigenvalue weighted by Gasteiger charge is -2.41. The van der Waals surface area contributed by atoms with E-state index in [9.17, 15) is 31.2 Å². The Hall–Kier alpha value is -3.45. The zero-order valence-electron chi connectivity index (χ0n) is 19.8. The number of halogens is 3. The standard InChI is InChI=1S/C24H25F3N4O5S/c1-36-23(9-10-24(25,26)27)11-13-31(14-12-23)22(33)16-5-7-17(8-6-16)30-37(34,35)19-4-2-3-18-20(19)28-15-29-21(18)32/h2-8,15,30H,9-14H2,1H3,(H,28,29,32). The zero-order valence-corrected chi connectivity index (χ0v) is 20.7. The number of fused-ring (bicyclic) bond motifs is 1. The summed E-state index contributed by atoms with van der Waals surface area (Å²) in [4.78, 5) is 32.7. The fraction of sp³-hybridized carbons (Fsp3) is 0.375. The van der Waals surface area contributed by atoms with Gasteiger partial charge in [0.05, 0.1) is 22.8 Å². The van der Waals surface area contributed by atoms with E-state index in [0.717, 1.165) is 6.33 Å². The first-order chi connectivity index (χ1) is 17.4. The summed E-state index contributed by atoms with van der Waals surface area (Å²) in [5.41, 5.74) is -0.858. The van der Waals surface area contributed by atoms with Gasteiger partial charge in [-0.2, -0.15) is 13.2 Å². The van der Waals surface area contributed by atoms with E-state index in [0.29, 0.717) is 5.56 Å². The molecule has 1 aliphatic rings. The minimum Gasteiger partial charge on any atom is -0.378 e. The monoisotopic (exact) mass is 538 g/mol. The number of aromatic nitrogens is 2. The molecular formula is C24H25F3N4O5S. The minimum absolute atomic E-state index is 0.0259. The fourth-order valence-electron chi connectivity index (χ4n) is 4.41. The predicted octanol–water partition coefficient (Wildman–Crippen LogP) is 3.69. The van der Waals surface area contributed by atoms with Crippen LogP contribution in [0.5, 0.6) is 0 Å². The van der Waals surface area contributed by atoms with Crippen molar-refractivity contribution in [1.82, 2.24) is 14.9 Å². The van der Waals surface area contributed by atoms with Crippen molar-refractivity contribution < 1.29 is 31.1 Å². The number of hydrogen-bond acceptors (Lipinski definition) is 6. The van der Waals surface area contributed by atoms with Crippen LogP contribution in [0.25, 0.3) is 10.9 Å². The van der Waals surface area contributed by atoms with Gasteiger partial charge in [0.15, 0.2) is 0 Å². The number of hydrogen-bond donors (Lipinski definition) is 2. The van der Waals surface area contributed by atoms with E-state index in [2.05, 4.69) is 14.7 Å². The number of aromatic amines is 1. The third-order valence-corrected chi connectivity index (χ3v) is 7.98. The molecule has 1 fully saturated rings. The molecule has 2 N–H and O–H groups in total. The molecule has 0 unspecified atom stereocenters. The molecule has 1 aliphatic heterocycles. The highest BCUT2D eigenvalue weighted by Gasteiger charge is 2.39. The molecular weight excluding hydrogens is 513 g/mol. The summed E-state index contributed by atoms with van der Waals surface area (Å²) < 4.78 is 71.8. The van der Waals surface area contributed by atoms with Crippen molar-refractivity contribution in [3.63, 3.8) is 0 Å². The van der Waals surface area contributed by atoms with Crippen LogP contribution in [0.2, 0.25) is 0 Å².